The Kier molecular flexibility index (Phi) is 5.99. The number of benzene rings is 1. The zero-order valence-electron chi connectivity index (χ0n) is 18.0. The van der Waals surface area contributed by atoms with Gasteiger partial charge in [0.15, 0.2) is 0 Å². The number of anilines is 1. The Balaban J connectivity index is 1.29. The van der Waals surface area contributed by atoms with Gasteiger partial charge in [0, 0.05) is 31.4 Å². The van der Waals surface area contributed by atoms with Crippen molar-refractivity contribution in [3.8, 4) is 5.75 Å². The number of ether oxygens (including phenoxy) is 1. The average molecular weight is 422 g/mol. The summed E-state index contributed by atoms with van der Waals surface area (Å²) in [5, 5.41) is 4.36. The Labute approximate surface area is 183 Å². The first-order valence-corrected chi connectivity index (χ1v) is 11.4. The van der Waals surface area contributed by atoms with E-state index in [-0.39, 0.29) is 0 Å². The van der Waals surface area contributed by atoms with Crippen molar-refractivity contribution in [2.75, 3.05) is 37.7 Å². The van der Waals surface area contributed by atoms with Gasteiger partial charge < -0.3 is 15.4 Å². The summed E-state index contributed by atoms with van der Waals surface area (Å²) >= 11 is 0. The Morgan fingerprint density at radius 2 is 2.10 bits per heavy atom. The summed E-state index contributed by atoms with van der Waals surface area (Å²) in [6.45, 7) is 5.63. The molecule has 2 aliphatic heterocycles. The largest absolute Gasteiger partial charge is 0.491 e. The highest BCUT2D eigenvalue weighted by Crippen LogP contribution is 2.30. The van der Waals surface area contributed by atoms with E-state index in [0.29, 0.717) is 18.4 Å². The smallest absolute Gasteiger partial charge is 0.254 e. The maximum absolute atomic E-state index is 6.46. The third-order valence-electron chi connectivity index (χ3n) is 6.50. The molecule has 0 bridgehead atoms. The fourth-order valence-corrected chi connectivity index (χ4v) is 4.85. The van der Waals surface area contributed by atoms with Gasteiger partial charge in [-0.25, -0.2) is 4.98 Å². The molecule has 2 aliphatic rings. The van der Waals surface area contributed by atoms with E-state index in [1.165, 1.54) is 11.1 Å². The van der Waals surface area contributed by atoms with Crippen LogP contribution in [0.2, 0.25) is 0 Å². The summed E-state index contributed by atoms with van der Waals surface area (Å²) in [4.78, 5) is 13.4. The lowest BCUT2D eigenvalue weighted by Crippen LogP contribution is -2.36. The molecule has 1 aromatic carbocycles. The van der Waals surface area contributed by atoms with Gasteiger partial charge >= 0.3 is 0 Å². The van der Waals surface area contributed by atoms with E-state index in [0.717, 1.165) is 76.4 Å². The molecule has 5 rings (SSSR count). The molecule has 1 atom stereocenters. The molecule has 31 heavy (non-hydrogen) atoms. The number of hydrogen-bond acceptors (Lipinski definition) is 7. The van der Waals surface area contributed by atoms with Crippen molar-refractivity contribution in [1.29, 1.82) is 0 Å². The molecule has 0 spiro atoms. The van der Waals surface area contributed by atoms with Crippen LogP contribution in [0.3, 0.4) is 0 Å². The van der Waals surface area contributed by atoms with Crippen molar-refractivity contribution < 1.29 is 4.74 Å². The molecule has 8 nitrogen and oxygen atoms in total. The van der Waals surface area contributed by atoms with Crippen LogP contribution < -0.4 is 15.4 Å². The molecule has 0 amide bonds. The second-order valence-electron chi connectivity index (χ2n) is 8.49. The Bertz CT molecular complexity index is 1020. The van der Waals surface area contributed by atoms with Crippen LogP contribution >= 0.6 is 0 Å². The summed E-state index contributed by atoms with van der Waals surface area (Å²) in [5.41, 5.74) is 8.45. The highest BCUT2D eigenvalue weighted by molar-refractivity contribution is 5.47. The normalized spacial score (nSPS) is 19.1. The van der Waals surface area contributed by atoms with E-state index in [9.17, 15) is 0 Å². The Morgan fingerprint density at radius 3 is 3.03 bits per heavy atom. The lowest BCUT2D eigenvalue weighted by atomic mass is 9.98. The van der Waals surface area contributed by atoms with Crippen molar-refractivity contribution in [1.82, 2.24) is 24.5 Å². The lowest BCUT2D eigenvalue weighted by molar-refractivity contribution is 0.235. The predicted octanol–water partition coefficient (Wildman–Crippen LogP) is 2.27. The zero-order valence-corrected chi connectivity index (χ0v) is 18.0. The maximum atomic E-state index is 6.46. The third-order valence-corrected chi connectivity index (χ3v) is 6.50. The molecular weight excluding hydrogens is 390 g/mol. The number of nitrogens with zero attached hydrogens (tertiary/aromatic N) is 6. The fourth-order valence-electron chi connectivity index (χ4n) is 4.85. The van der Waals surface area contributed by atoms with Crippen LogP contribution in [-0.4, -0.2) is 63.3 Å². The first-order chi connectivity index (χ1) is 15.3. The van der Waals surface area contributed by atoms with Gasteiger partial charge in [-0.2, -0.15) is 14.6 Å². The quantitative estimate of drug-likeness (QED) is 0.559. The summed E-state index contributed by atoms with van der Waals surface area (Å²) < 4.78 is 8.28. The molecule has 0 radical (unpaired) electrons. The second-order valence-corrected chi connectivity index (χ2v) is 8.49. The van der Waals surface area contributed by atoms with Gasteiger partial charge in [0.25, 0.3) is 5.78 Å². The van der Waals surface area contributed by atoms with Crippen LogP contribution in [0.5, 0.6) is 5.75 Å². The van der Waals surface area contributed by atoms with Gasteiger partial charge in [-0.15, -0.1) is 0 Å². The van der Waals surface area contributed by atoms with Crippen LogP contribution in [-0.2, 0) is 13.0 Å². The predicted molar refractivity (Wildman–Crippen MR) is 120 cm³/mol. The topological polar surface area (TPSA) is 84.8 Å². The monoisotopic (exact) mass is 421 g/mol. The van der Waals surface area contributed by atoms with Gasteiger partial charge in [0.1, 0.15) is 24.5 Å². The number of aromatic nitrogens is 4. The van der Waals surface area contributed by atoms with Crippen LogP contribution in [0.15, 0.2) is 36.8 Å². The van der Waals surface area contributed by atoms with Crippen molar-refractivity contribution in [2.45, 2.75) is 44.7 Å². The van der Waals surface area contributed by atoms with Crippen molar-refractivity contribution >= 4 is 11.6 Å². The zero-order chi connectivity index (χ0) is 21.0. The minimum atomic E-state index is 0.315. The van der Waals surface area contributed by atoms with Gasteiger partial charge in [-0.1, -0.05) is 12.1 Å². The minimum absolute atomic E-state index is 0.315. The third kappa shape index (κ3) is 4.22. The second kappa shape index (κ2) is 9.20. The molecule has 164 valence electrons. The highest BCUT2D eigenvalue weighted by atomic mass is 16.5. The summed E-state index contributed by atoms with van der Waals surface area (Å²) in [7, 11) is 0. The van der Waals surface area contributed by atoms with Crippen LogP contribution in [0.1, 0.15) is 36.8 Å². The van der Waals surface area contributed by atoms with Crippen LogP contribution in [0.4, 0.5) is 5.82 Å². The molecule has 2 aromatic heterocycles. The average Bonchev–Trinajstić information content (AvgIpc) is 3.47. The molecule has 2 N–H and O–H groups in total. The van der Waals surface area contributed by atoms with E-state index in [2.05, 4.69) is 43.1 Å². The van der Waals surface area contributed by atoms with E-state index in [4.69, 9.17) is 10.5 Å². The molecule has 8 heteroatoms. The fraction of sp³-hybridized carbons (Fsp3) is 0.522. The van der Waals surface area contributed by atoms with Crippen molar-refractivity contribution in [3.63, 3.8) is 0 Å². The summed E-state index contributed by atoms with van der Waals surface area (Å²) in [6, 6.07) is 8.84. The van der Waals surface area contributed by atoms with E-state index in [1.54, 1.807) is 6.33 Å². The van der Waals surface area contributed by atoms with Gasteiger partial charge in [0.2, 0.25) is 0 Å². The first kappa shape index (κ1) is 20.2. The van der Waals surface area contributed by atoms with Crippen LogP contribution in [0, 0.1) is 0 Å². The standard InChI is InChI=1S/C23H31N7O/c24-10-1-2-12-28-14-9-18-5-3-7-21(20(18)15-28)31-16-19-6-4-13-29(19)22-8-11-25-23-26-17-27-30(22)23/h3,5,7-8,11,17,19H,1-2,4,6,9-10,12-16,24H2. The molecule has 1 fully saturated rings. The SMILES string of the molecule is NCCCCN1CCc2cccc(OCC3CCCN3c3ccnc4ncnn34)c2C1. The maximum Gasteiger partial charge on any atom is 0.254 e. The molecule has 1 unspecified atom stereocenters. The number of fused-ring (bicyclic) bond motifs is 2. The number of rotatable bonds is 8. The molecule has 4 heterocycles. The van der Waals surface area contributed by atoms with E-state index < -0.39 is 0 Å². The number of nitrogens with two attached hydrogens (primary N) is 1. The Hall–Kier alpha value is -2.71. The Morgan fingerprint density at radius 1 is 1.13 bits per heavy atom. The van der Waals surface area contributed by atoms with Crippen molar-refractivity contribution in [3.05, 3.63) is 47.9 Å². The lowest BCUT2D eigenvalue weighted by Gasteiger charge is -2.31. The molecule has 0 aliphatic carbocycles. The molecule has 0 saturated carbocycles. The minimum Gasteiger partial charge on any atom is -0.491 e. The van der Waals surface area contributed by atoms with E-state index in [1.807, 2.05) is 16.8 Å². The molecule has 1 saturated heterocycles. The summed E-state index contributed by atoms with van der Waals surface area (Å²) in [5.74, 6) is 2.71. The summed E-state index contributed by atoms with van der Waals surface area (Å²) in [6.07, 6.45) is 8.96. The van der Waals surface area contributed by atoms with Crippen molar-refractivity contribution in [2.24, 2.45) is 5.73 Å². The van der Waals surface area contributed by atoms with E-state index >= 15 is 0 Å². The van der Waals surface area contributed by atoms with Gasteiger partial charge in [-0.05, 0) is 62.9 Å². The molecule has 3 aromatic rings. The number of hydrogen-bond donors (Lipinski definition) is 1. The van der Waals surface area contributed by atoms with Crippen LogP contribution in [0.25, 0.3) is 5.78 Å². The van der Waals surface area contributed by atoms with Gasteiger partial charge in [0.05, 0.1) is 6.04 Å². The first-order valence-electron chi connectivity index (χ1n) is 11.4. The number of unbranched alkanes of at least 4 members (excludes halogenated alkanes) is 1. The van der Waals surface area contributed by atoms with Gasteiger partial charge in [-0.3, -0.25) is 4.90 Å². The highest BCUT2D eigenvalue weighted by Gasteiger charge is 2.28. The molecular formula is C23H31N7O.